The number of amides is 3. The van der Waals surface area contributed by atoms with Crippen molar-refractivity contribution in [3.05, 3.63) is 56.7 Å². The molecule has 2 fully saturated rings. The first-order valence-corrected chi connectivity index (χ1v) is 11.9. The number of halogens is 1. The first-order valence-electron chi connectivity index (χ1n) is 10.7. The zero-order valence-electron chi connectivity index (χ0n) is 18.5. The predicted octanol–water partition coefficient (Wildman–Crippen LogP) is 5.10. The summed E-state index contributed by atoms with van der Waals surface area (Å²) in [6, 6.07) is 7.88. The normalized spacial score (nSPS) is 18.2. The Morgan fingerprint density at radius 3 is 2.50 bits per heavy atom. The second-order valence-electron chi connectivity index (χ2n) is 8.30. The van der Waals surface area contributed by atoms with Crippen LogP contribution in [0, 0.1) is 20.8 Å². The number of rotatable bonds is 4. The lowest BCUT2D eigenvalue weighted by Gasteiger charge is -2.27. The van der Waals surface area contributed by atoms with Crippen molar-refractivity contribution in [2.45, 2.75) is 40.0 Å². The molecule has 0 N–H and O–H groups in total. The van der Waals surface area contributed by atoms with E-state index in [2.05, 4.69) is 4.57 Å². The van der Waals surface area contributed by atoms with Crippen LogP contribution in [0.4, 0.5) is 4.79 Å². The van der Waals surface area contributed by atoms with Gasteiger partial charge in [0, 0.05) is 35.2 Å². The number of aromatic nitrogens is 1. The van der Waals surface area contributed by atoms with E-state index in [0.717, 1.165) is 64.1 Å². The highest BCUT2D eigenvalue weighted by atomic mass is 35.5. The molecule has 2 aliphatic rings. The Bertz CT molecular complexity index is 1130. The topological polar surface area (TPSA) is 62.6 Å². The first kappa shape index (κ1) is 22.7. The third-order valence-corrected chi connectivity index (χ3v) is 7.36. The molecular formula is C24H26ClN3O3S. The van der Waals surface area contributed by atoms with Gasteiger partial charge in [-0.05, 0) is 87.2 Å². The summed E-state index contributed by atoms with van der Waals surface area (Å²) in [5.41, 5.74) is 4.74. The van der Waals surface area contributed by atoms with Crippen molar-refractivity contribution in [1.82, 2.24) is 14.4 Å². The molecule has 3 heterocycles. The van der Waals surface area contributed by atoms with Crippen LogP contribution in [0.25, 0.3) is 11.8 Å². The fraction of sp³-hybridized carbons (Fsp3) is 0.375. The minimum absolute atomic E-state index is 0.164. The molecule has 2 saturated heterocycles. The molecule has 0 bridgehead atoms. The molecule has 0 aliphatic carbocycles. The summed E-state index contributed by atoms with van der Waals surface area (Å²) in [5, 5.41) is 0.293. The molecule has 32 heavy (non-hydrogen) atoms. The Morgan fingerprint density at radius 2 is 1.81 bits per heavy atom. The summed E-state index contributed by atoms with van der Waals surface area (Å²) in [4.78, 5) is 41.1. The van der Waals surface area contributed by atoms with Crippen molar-refractivity contribution in [1.29, 1.82) is 0 Å². The molecule has 0 saturated carbocycles. The lowest BCUT2D eigenvalue weighted by atomic mass is 10.1. The van der Waals surface area contributed by atoms with Crippen molar-refractivity contribution in [2.75, 3.05) is 19.6 Å². The molecule has 1 aromatic carbocycles. The van der Waals surface area contributed by atoms with Crippen LogP contribution in [0.3, 0.4) is 0 Å². The van der Waals surface area contributed by atoms with Gasteiger partial charge in [0.1, 0.15) is 6.54 Å². The lowest BCUT2D eigenvalue weighted by molar-refractivity contribution is -0.136. The van der Waals surface area contributed by atoms with Crippen LogP contribution in [0.15, 0.2) is 29.2 Å². The zero-order chi connectivity index (χ0) is 23.0. The average molecular weight is 472 g/mol. The molecule has 0 unspecified atom stereocenters. The fourth-order valence-corrected chi connectivity index (χ4v) is 5.21. The quantitative estimate of drug-likeness (QED) is 0.581. The van der Waals surface area contributed by atoms with E-state index in [1.165, 1.54) is 0 Å². The largest absolute Gasteiger partial charge is 0.341 e. The average Bonchev–Trinajstić information content (AvgIpc) is 3.20. The maximum absolute atomic E-state index is 12.9. The summed E-state index contributed by atoms with van der Waals surface area (Å²) in [6.07, 6.45) is 4.79. The van der Waals surface area contributed by atoms with E-state index < -0.39 is 11.1 Å². The molecule has 1 aromatic heterocycles. The van der Waals surface area contributed by atoms with Crippen molar-refractivity contribution in [3.8, 4) is 5.69 Å². The van der Waals surface area contributed by atoms with Gasteiger partial charge in [-0.15, -0.1) is 0 Å². The number of thioether (sulfide) groups is 1. The van der Waals surface area contributed by atoms with Gasteiger partial charge in [-0.2, -0.15) is 0 Å². The van der Waals surface area contributed by atoms with Crippen LogP contribution in [0.1, 0.15) is 41.8 Å². The van der Waals surface area contributed by atoms with Gasteiger partial charge in [-0.1, -0.05) is 17.7 Å². The molecule has 168 valence electrons. The van der Waals surface area contributed by atoms with Gasteiger partial charge >= 0.3 is 0 Å². The third kappa shape index (κ3) is 4.36. The van der Waals surface area contributed by atoms with Gasteiger partial charge in [-0.25, -0.2) is 0 Å². The minimum atomic E-state index is -0.409. The number of piperidine rings is 1. The van der Waals surface area contributed by atoms with Crippen LogP contribution in [0.5, 0.6) is 0 Å². The van der Waals surface area contributed by atoms with Gasteiger partial charge in [0.05, 0.1) is 4.91 Å². The number of benzene rings is 1. The second-order valence-corrected chi connectivity index (χ2v) is 9.71. The molecule has 6 nitrogen and oxygen atoms in total. The van der Waals surface area contributed by atoms with E-state index in [1.54, 1.807) is 11.0 Å². The Balaban J connectivity index is 1.56. The maximum Gasteiger partial charge on any atom is 0.294 e. The SMILES string of the molecule is Cc1ccc(-n2c(C)cc(/C=C3\SC(=O)N(CC(=O)N4CCCCC4)C3=O)c2C)cc1Cl. The van der Waals surface area contributed by atoms with Gasteiger partial charge in [0.15, 0.2) is 0 Å². The first-order chi connectivity index (χ1) is 15.3. The Morgan fingerprint density at radius 1 is 1.09 bits per heavy atom. The number of nitrogens with zero attached hydrogens (tertiary/aromatic N) is 3. The Labute approximate surface area is 197 Å². The minimum Gasteiger partial charge on any atom is -0.341 e. The number of imide groups is 1. The summed E-state index contributed by atoms with van der Waals surface area (Å²) < 4.78 is 2.07. The van der Waals surface area contributed by atoms with E-state index in [1.807, 2.05) is 45.0 Å². The third-order valence-electron chi connectivity index (χ3n) is 6.05. The fourth-order valence-electron chi connectivity index (χ4n) is 4.21. The molecule has 2 aliphatic heterocycles. The number of carbonyl (C=O) groups excluding carboxylic acids is 3. The molecule has 2 aromatic rings. The van der Waals surface area contributed by atoms with Gasteiger partial charge in [0.25, 0.3) is 11.1 Å². The summed E-state index contributed by atoms with van der Waals surface area (Å²) in [6.45, 7) is 7.11. The molecular weight excluding hydrogens is 446 g/mol. The molecule has 4 rings (SSSR count). The van der Waals surface area contributed by atoms with Gasteiger partial charge in [-0.3, -0.25) is 19.3 Å². The van der Waals surface area contributed by atoms with Crippen LogP contribution in [-0.2, 0) is 9.59 Å². The highest BCUT2D eigenvalue weighted by molar-refractivity contribution is 8.18. The molecule has 8 heteroatoms. The standard InChI is InChI=1S/C24H26ClN3O3S/c1-15-7-8-19(13-20(15)25)28-16(2)11-18(17(28)3)12-21-23(30)27(24(31)32-21)14-22(29)26-9-5-4-6-10-26/h7-8,11-13H,4-6,9-10,14H2,1-3H3/b21-12-. The van der Waals surface area contributed by atoms with E-state index in [-0.39, 0.29) is 12.5 Å². The highest BCUT2D eigenvalue weighted by Gasteiger charge is 2.37. The lowest BCUT2D eigenvalue weighted by Crippen LogP contribution is -2.44. The number of aryl methyl sites for hydroxylation is 2. The number of likely N-dealkylation sites (tertiary alicyclic amines) is 1. The van der Waals surface area contributed by atoms with Crippen LogP contribution in [0.2, 0.25) is 5.02 Å². The number of hydrogen-bond donors (Lipinski definition) is 0. The Kier molecular flexibility index (Phi) is 6.49. The number of hydrogen-bond acceptors (Lipinski definition) is 4. The van der Waals surface area contributed by atoms with Crippen molar-refractivity contribution in [3.63, 3.8) is 0 Å². The molecule has 0 radical (unpaired) electrons. The van der Waals surface area contributed by atoms with E-state index in [9.17, 15) is 14.4 Å². The highest BCUT2D eigenvalue weighted by Crippen LogP contribution is 2.34. The monoisotopic (exact) mass is 471 g/mol. The van der Waals surface area contributed by atoms with Crippen molar-refractivity contribution < 1.29 is 14.4 Å². The summed E-state index contributed by atoms with van der Waals surface area (Å²) in [7, 11) is 0. The van der Waals surface area contributed by atoms with Crippen molar-refractivity contribution >= 4 is 46.5 Å². The van der Waals surface area contributed by atoms with Crippen LogP contribution >= 0.6 is 23.4 Å². The maximum atomic E-state index is 12.9. The second kappa shape index (κ2) is 9.16. The molecule has 0 spiro atoms. The summed E-state index contributed by atoms with van der Waals surface area (Å²) in [5.74, 6) is -0.573. The van der Waals surface area contributed by atoms with Gasteiger partial charge < -0.3 is 9.47 Å². The summed E-state index contributed by atoms with van der Waals surface area (Å²) >= 11 is 7.20. The smallest absolute Gasteiger partial charge is 0.294 e. The van der Waals surface area contributed by atoms with Gasteiger partial charge in [0.2, 0.25) is 5.91 Å². The van der Waals surface area contributed by atoms with Crippen LogP contribution in [-0.4, -0.2) is 51.1 Å². The molecule has 3 amide bonds. The van der Waals surface area contributed by atoms with Crippen LogP contribution < -0.4 is 0 Å². The number of carbonyl (C=O) groups is 3. The van der Waals surface area contributed by atoms with E-state index >= 15 is 0 Å². The van der Waals surface area contributed by atoms with E-state index in [0.29, 0.717) is 23.0 Å². The predicted molar refractivity (Wildman–Crippen MR) is 128 cm³/mol. The zero-order valence-corrected chi connectivity index (χ0v) is 20.1. The van der Waals surface area contributed by atoms with E-state index in [4.69, 9.17) is 11.6 Å². The van der Waals surface area contributed by atoms with Crippen molar-refractivity contribution in [2.24, 2.45) is 0 Å². The molecule has 0 atom stereocenters. The Hall–Kier alpha value is -2.51.